The van der Waals surface area contributed by atoms with E-state index in [-0.39, 0.29) is 12.8 Å². The van der Waals surface area contributed by atoms with Gasteiger partial charge < -0.3 is 25.2 Å². The van der Waals surface area contributed by atoms with E-state index in [1.807, 2.05) is 12.2 Å². The number of hydrogen-bond acceptors (Lipinski definition) is 8. The summed E-state index contributed by atoms with van der Waals surface area (Å²) in [6.07, 6.45) is 52.9. The highest BCUT2D eigenvalue weighted by atomic mass is 31.2. The fourth-order valence-electron chi connectivity index (χ4n) is 5.00. The molecule has 0 aliphatic rings. The van der Waals surface area contributed by atoms with E-state index in [9.17, 15) is 34.1 Å². The lowest BCUT2D eigenvalue weighted by Gasteiger charge is -2.18. The Labute approximate surface area is 355 Å². The zero-order valence-electron chi connectivity index (χ0n) is 35.7. The van der Waals surface area contributed by atoms with Crippen molar-refractivity contribution in [2.24, 2.45) is 0 Å². The van der Waals surface area contributed by atoms with E-state index >= 15 is 0 Å². The summed E-state index contributed by atoms with van der Waals surface area (Å²) in [6.45, 7) is 2.33. The molecule has 0 aromatic heterocycles. The number of aliphatic carboxylic acids is 1. The average molecular weight is 844 g/mol. The first kappa shape index (κ1) is 55.1. The third-order valence-corrected chi connectivity index (χ3v) is 9.28. The van der Waals surface area contributed by atoms with Gasteiger partial charge in [0.1, 0.15) is 12.7 Å². The summed E-state index contributed by atoms with van der Waals surface area (Å²) in [5.74, 6) is -2.58. The molecule has 12 heteroatoms. The van der Waals surface area contributed by atoms with Gasteiger partial charge in [-0.2, -0.15) is 0 Å². The number of nitrogens with one attached hydrogen (secondary N) is 1. The van der Waals surface area contributed by atoms with Gasteiger partial charge in [-0.05, 0) is 77.0 Å². The van der Waals surface area contributed by atoms with Gasteiger partial charge >= 0.3 is 19.8 Å². The van der Waals surface area contributed by atoms with Crippen molar-refractivity contribution in [3.05, 3.63) is 109 Å². The number of aliphatic hydroxyl groups excluding tert-OH is 1. The van der Waals surface area contributed by atoms with E-state index in [0.29, 0.717) is 12.8 Å². The number of carboxylic acid groups (broad SMARTS) is 1. The number of phosphoric ester groups is 1. The quantitative estimate of drug-likeness (QED) is 0.0203. The fourth-order valence-corrected chi connectivity index (χ4v) is 5.77. The first-order valence-corrected chi connectivity index (χ1v) is 22.9. The molecule has 0 aromatic rings. The lowest BCUT2D eigenvalue weighted by molar-refractivity contribution is -0.147. The van der Waals surface area contributed by atoms with Crippen molar-refractivity contribution in [1.29, 1.82) is 0 Å². The molecule has 0 saturated heterocycles. The number of carbonyl (C=O) groups is 3. The maximum Gasteiger partial charge on any atom is 0.472 e. The van der Waals surface area contributed by atoms with E-state index in [2.05, 4.69) is 104 Å². The smallest absolute Gasteiger partial charge is 0.472 e. The maximum atomic E-state index is 12.3. The number of ether oxygens (including phenoxy) is 1. The molecule has 332 valence electrons. The number of carboxylic acids is 1. The molecule has 59 heavy (non-hydrogen) atoms. The van der Waals surface area contributed by atoms with Crippen LogP contribution in [0, 0.1) is 0 Å². The van der Waals surface area contributed by atoms with Crippen molar-refractivity contribution in [3.8, 4) is 0 Å². The number of esters is 1. The number of amides is 1. The van der Waals surface area contributed by atoms with Crippen molar-refractivity contribution >= 4 is 25.7 Å². The monoisotopic (exact) mass is 844 g/mol. The summed E-state index contributed by atoms with van der Waals surface area (Å²) in [5.41, 5.74) is 0. The number of allylic oxidation sites excluding steroid dienone is 17. The fraction of sp³-hybridized carbons (Fsp3) is 0.553. The van der Waals surface area contributed by atoms with Crippen LogP contribution in [0.4, 0.5) is 0 Å². The summed E-state index contributed by atoms with van der Waals surface area (Å²) in [7, 11) is -4.79. The van der Waals surface area contributed by atoms with Gasteiger partial charge in [-0.3, -0.25) is 18.6 Å². The Hall–Kier alpha value is -3.86. The number of aliphatic hydroxyl groups is 1. The number of hydrogen-bond donors (Lipinski definition) is 4. The van der Waals surface area contributed by atoms with Gasteiger partial charge in [0.05, 0.1) is 13.2 Å². The largest absolute Gasteiger partial charge is 0.480 e. The molecule has 11 nitrogen and oxygen atoms in total. The van der Waals surface area contributed by atoms with Crippen molar-refractivity contribution in [2.45, 2.75) is 148 Å². The SMILES string of the molecule is CC/C=C\C/C=C\C/C=C\C/C=C\C/C=C\C/C=C\C/C=C\CC(=O)NC(COP(=O)(O)OCC(O)COC(=O)CCCCCCC/C=C\C/C=C\CCCC)C(=O)O. The molecular formula is C47H74NO10P. The molecule has 1 amide bonds. The third kappa shape index (κ3) is 40.7. The highest BCUT2D eigenvalue weighted by molar-refractivity contribution is 7.47. The minimum absolute atomic E-state index is 0.0971. The Morgan fingerprint density at radius 1 is 0.576 bits per heavy atom. The molecule has 3 atom stereocenters. The molecule has 0 spiro atoms. The molecule has 0 aliphatic carbocycles. The van der Waals surface area contributed by atoms with Crippen LogP contribution in [0.25, 0.3) is 0 Å². The number of rotatable bonds is 38. The summed E-state index contributed by atoms with van der Waals surface area (Å²) < 4.78 is 26.7. The van der Waals surface area contributed by atoms with E-state index in [0.717, 1.165) is 83.5 Å². The van der Waals surface area contributed by atoms with Crippen molar-refractivity contribution < 1.29 is 47.8 Å². The second kappa shape index (κ2) is 40.9. The molecular weight excluding hydrogens is 769 g/mol. The van der Waals surface area contributed by atoms with Crippen LogP contribution in [0.2, 0.25) is 0 Å². The first-order valence-electron chi connectivity index (χ1n) is 21.4. The van der Waals surface area contributed by atoms with E-state index in [4.69, 9.17) is 13.8 Å². The number of phosphoric acid groups is 1. The van der Waals surface area contributed by atoms with Gasteiger partial charge in [-0.15, -0.1) is 0 Å². The van der Waals surface area contributed by atoms with Crippen LogP contribution >= 0.6 is 7.82 Å². The second-order valence-electron chi connectivity index (χ2n) is 13.8. The third-order valence-electron chi connectivity index (χ3n) is 8.32. The number of carbonyl (C=O) groups excluding carboxylic acids is 2. The Bertz CT molecular complexity index is 1410. The number of unbranched alkanes of at least 4 members (excludes halogenated alkanes) is 7. The summed E-state index contributed by atoms with van der Waals surface area (Å²) >= 11 is 0. The molecule has 3 unspecified atom stereocenters. The summed E-state index contributed by atoms with van der Waals surface area (Å²) in [5, 5.41) is 21.7. The van der Waals surface area contributed by atoms with Gasteiger partial charge in [-0.25, -0.2) is 9.36 Å². The molecule has 0 bridgehead atoms. The first-order chi connectivity index (χ1) is 28.6. The highest BCUT2D eigenvalue weighted by Gasteiger charge is 2.28. The molecule has 0 rings (SSSR count). The minimum Gasteiger partial charge on any atom is -0.480 e. The molecule has 0 saturated carbocycles. The van der Waals surface area contributed by atoms with Crippen LogP contribution in [-0.4, -0.2) is 64.9 Å². The van der Waals surface area contributed by atoms with Crippen molar-refractivity contribution in [3.63, 3.8) is 0 Å². The minimum atomic E-state index is -4.79. The maximum absolute atomic E-state index is 12.3. The molecule has 0 aromatic carbocycles. The predicted octanol–water partition coefficient (Wildman–Crippen LogP) is 11.1. The Morgan fingerprint density at radius 3 is 1.53 bits per heavy atom. The molecule has 0 aliphatic heterocycles. The predicted molar refractivity (Wildman–Crippen MR) is 240 cm³/mol. The lowest BCUT2D eigenvalue weighted by Crippen LogP contribution is -2.43. The van der Waals surface area contributed by atoms with E-state index in [1.54, 1.807) is 12.2 Å². The highest BCUT2D eigenvalue weighted by Crippen LogP contribution is 2.43. The van der Waals surface area contributed by atoms with Crippen LogP contribution in [0.15, 0.2) is 109 Å². The Balaban J connectivity index is 4.10. The van der Waals surface area contributed by atoms with Crippen molar-refractivity contribution in [1.82, 2.24) is 5.32 Å². The average Bonchev–Trinajstić information content (AvgIpc) is 3.21. The van der Waals surface area contributed by atoms with Crippen LogP contribution in [0.1, 0.15) is 136 Å². The standard InChI is InChI=1S/C47H74NO10P/c1-3-5-7-9-11-13-15-17-19-20-21-22-23-24-25-26-28-30-32-34-36-38-45(50)48-44(47(52)53)42-58-59(54,55)57-41-43(49)40-56-46(51)39-37-35-33-31-29-27-18-16-14-12-10-8-6-4-2/h5,7,10-13,16-19,21-22,24-25,28,30,34,36,43-44,49H,3-4,6,8-9,14-15,20,23,26-27,29,31-33,35,37-42H2,1-2H3,(H,48,50)(H,52,53)(H,54,55)/b7-5-,12-10-,13-11-,18-16-,19-17-,22-21-,25-24-,30-28-,36-34-. The Kier molecular flexibility index (Phi) is 38.2. The van der Waals surface area contributed by atoms with E-state index in [1.165, 1.54) is 12.8 Å². The Morgan fingerprint density at radius 2 is 1.02 bits per heavy atom. The molecule has 4 N–H and O–H groups in total. The second-order valence-corrected chi connectivity index (χ2v) is 15.3. The van der Waals surface area contributed by atoms with Gasteiger partial charge in [0, 0.05) is 12.8 Å². The molecule has 0 fully saturated rings. The summed E-state index contributed by atoms with van der Waals surface area (Å²) in [6, 6.07) is -1.61. The normalized spacial score (nSPS) is 14.8. The van der Waals surface area contributed by atoms with Gasteiger partial charge in [0.2, 0.25) is 5.91 Å². The zero-order valence-corrected chi connectivity index (χ0v) is 36.6. The summed E-state index contributed by atoms with van der Waals surface area (Å²) in [4.78, 5) is 45.8. The van der Waals surface area contributed by atoms with Crippen LogP contribution in [-0.2, 0) is 32.7 Å². The van der Waals surface area contributed by atoms with Gasteiger partial charge in [-0.1, -0.05) is 155 Å². The van der Waals surface area contributed by atoms with Crippen LogP contribution in [0.5, 0.6) is 0 Å². The van der Waals surface area contributed by atoms with Crippen LogP contribution < -0.4 is 5.32 Å². The lowest BCUT2D eigenvalue weighted by atomic mass is 10.1. The van der Waals surface area contributed by atoms with Gasteiger partial charge in [0.25, 0.3) is 0 Å². The van der Waals surface area contributed by atoms with Gasteiger partial charge in [0.15, 0.2) is 6.04 Å². The van der Waals surface area contributed by atoms with Crippen molar-refractivity contribution in [2.75, 3.05) is 19.8 Å². The zero-order chi connectivity index (χ0) is 43.5. The van der Waals surface area contributed by atoms with E-state index < -0.39 is 57.6 Å². The topological polar surface area (TPSA) is 169 Å². The van der Waals surface area contributed by atoms with Crippen LogP contribution in [0.3, 0.4) is 0 Å². The molecule has 0 radical (unpaired) electrons. The molecule has 0 heterocycles.